The Kier molecular flexibility index (Phi) is 4.53. The molecule has 0 saturated carbocycles. The van der Waals surface area contributed by atoms with Crippen molar-refractivity contribution < 1.29 is 14.9 Å². The van der Waals surface area contributed by atoms with Crippen molar-refractivity contribution in [2.75, 3.05) is 26.3 Å². The lowest BCUT2D eigenvalue weighted by Gasteiger charge is -2.27. The van der Waals surface area contributed by atoms with E-state index >= 15 is 0 Å². The maximum absolute atomic E-state index is 9.07. The van der Waals surface area contributed by atoms with Gasteiger partial charge >= 0.3 is 0 Å². The van der Waals surface area contributed by atoms with E-state index in [1.54, 1.807) is 12.1 Å². The minimum Gasteiger partial charge on any atom is -0.379 e. The minimum atomic E-state index is -1.41. The van der Waals surface area contributed by atoms with Crippen LogP contribution < -0.4 is 0 Å². The normalized spacial score (nSPS) is 17.6. The first-order valence-corrected chi connectivity index (χ1v) is 6.40. The molecule has 2 N–H and O–H groups in total. The standard InChI is InChI=1S/C12H16BrNO3/c13-11-7-9(12(15)16)1-2-10(11)8-14-3-5-17-6-4-14/h1-2,7,12,15-16H,3-6,8H2. The van der Waals surface area contributed by atoms with Crippen LogP contribution in [0.1, 0.15) is 17.4 Å². The predicted molar refractivity (Wildman–Crippen MR) is 67.4 cm³/mol. The van der Waals surface area contributed by atoms with Gasteiger partial charge in [-0.1, -0.05) is 28.1 Å². The van der Waals surface area contributed by atoms with E-state index in [1.807, 2.05) is 6.07 Å². The van der Waals surface area contributed by atoms with E-state index in [2.05, 4.69) is 20.8 Å². The van der Waals surface area contributed by atoms with Crippen LogP contribution in [0.5, 0.6) is 0 Å². The Hall–Kier alpha value is -0.460. The molecular formula is C12H16BrNO3. The van der Waals surface area contributed by atoms with Crippen molar-refractivity contribution in [3.63, 3.8) is 0 Å². The van der Waals surface area contributed by atoms with Crippen LogP contribution in [0.2, 0.25) is 0 Å². The fourth-order valence-corrected chi connectivity index (χ4v) is 2.37. The summed E-state index contributed by atoms with van der Waals surface area (Å²) in [4.78, 5) is 2.32. The molecule has 0 aliphatic carbocycles. The number of benzene rings is 1. The third kappa shape index (κ3) is 3.50. The molecule has 5 heteroatoms. The van der Waals surface area contributed by atoms with Crippen LogP contribution in [0.3, 0.4) is 0 Å². The molecule has 1 fully saturated rings. The Morgan fingerprint density at radius 1 is 1.29 bits per heavy atom. The second kappa shape index (κ2) is 5.93. The third-order valence-corrected chi connectivity index (χ3v) is 3.61. The van der Waals surface area contributed by atoms with E-state index in [0.717, 1.165) is 42.9 Å². The Balaban J connectivity index is 2.05. The van der Waals surface area contributed by atoms with E-state index in [0.29, 0.717) is 5.56 Å². The van der Waals surface area contributed by atoms with Gasteiger partial charge in [0, 0.05) is 29.7 Å². The van der Waals surface area contributed by atoms with E-state index in [9.17, 15) is 0 Å². The summed E-state index contributed by atoms with van der Waals surface area (Å²) < 4.78 is 6.21. The summed E-state index contributed by atoms with van der Waals surface area (Å²) >= 11 is 3.46. The summed E-state index contributed by atoms with van der Waals surface area (Å²) in [6, 6.07) is 5.42. The average Bonchev–Trinajstić information content (AvgIpc) is 2.33. The molecule has 1 aromatic rings. The molecule has 17 heavy (non-hydrogen) atoms. The molecule has 4 nitrogen and oxygen atoms in total. The highest BCUT2D eigenvalue weighted by Crippen LogP contribution is 2.23. The zero-order valence-corrected chi connectivity index (χ0v) is 11.1. The van der Waals surface area contributed by atoms with E-state index < -0.39 is 6.29 Å². The van der Waals surface area contributed by atoms with Crippen molar-refractivity contribution in [3.05, 3.63) is 33.8 Å². The molecular weight excluding hydrogens is 286 g/mol. The van der Waals surface area contributed by atoms with Crippen LogP contribution in [0.25, 0.3) is 0 Å². The zero-order valence-electron chi connectivity index (χ0n) is 9.47. The smallest absolute Gasteiger partial charge is 0.178 e. The molecule has 0 unspecified atom stereocenters. The Morgan fingerprint density at radius 2 is 2.00 bits per heavy atom. The first-order chi connectivity index (χ1) is 8.16. The lowest BCUT2D eigenvalue weighted by Crippen LogP contribution is -2.35. The first kappa shape index (κ1) is 13.0. The number of rotatable bonds is 3. The first-order valence-electron chi connectivity index (χ1n) is 5.61. The van der Waals surface area contributed by atoms with Crippen LogP contribution in [0.15, 0.2) is 22.7 Å². The lowest BCUT2D eigenvalue weighted by atomic mass is 10.1. The number of nitrogens with zero attached hydrogens (tertiary/aromatic N) is 1. The summed E-state index contributed by atoms with van der Waals surface area (Å²) in [6.07, 6.45) is -1.41. The SMILES string of the molecule is OC(O)c1ccc(CN2CCOCC2)c(Br)c1. The van der Waals surface area contributed by atoms with Crippen molar-refractivity contribution in [2.24, 2.45) is 0 Å². The van der Waals surface area contributed by atoms with Gasteiger partial charge in [-0.15, -0.1) is 0 Å². The Labute approximate surface area is 109 Å². The number of aliphatic hydroxyl groups excluding tert-OH is 1. The zero-order chi connectivity index (χ0) is 12.3. The molecule has 94 valence electrons. The van der Waals surface area contributed by atoms with E-state index in [4.69, 9.17) is 14.9 Å². The average molecular weight is 302 g/mol. The van der Waals surface area contributed by atoms with Gasteiger partial charge in [0.1, 0.15) is 0 Å². The van der Waals surface area contributed by atoms with E-state index in [-0.39, 0.29) is 0 Å². The van der Waals surface area contributed by atoms with Gasteiger partial charge in [0.05, 0.1) is 13.2 Å². The summed E-state index contributed by atoms with van der Waals surface area (Å²) in [7, 11) is 0. The fourth-order valence-electron chi connectivity index (χ4n) is 1.85. The molecule has 0 spiro atoms. The summed E-state index contributed by atoms with van der Waals surface area (Å²) in [6.45, 7) is 4.30. The number of hydrogen-bond acceptors (Lipinski definition) is 4. The van der Waals surface area contributed by atoms with Crippen molar-refractivity contribution in [1.82, 2.24) is 4.90 Å². The highest BCUT2D eigenvalue weighted by Gasteiger charge is 2.13. The second-order valence-electron chi connectivity index (χ2n) is 4.11. The van der Waals surface area contributed by atoms with Gasteiger partial charge in [-0.05, 0) is 11.6 Å². The predicted octanol–water partition coefficient (Wildman–Crippen LogP) is 1.26. The van der Waals surface area contributed by atoms with Crippen molar-refractivity contribution in [1.29, 1.82) is 0 Å². The molecule has 0 aromatic heterocycles. The number of hydrogen-bond donors (Lipinski definition) is 2. The van der Waals surface area contributed by atoms with Crippen LogP contribution in [-0.2, 0) is 11.3 Å². The van der Waals surface area contributed by atoms with Gasteiger partial charge in [-0.2, -0.15) is 0 Å². The quantitative estimate of drug-likeness (QED) is 0.826. The number of halogens is 1. The fraction of sp³-hybridized carbons (Fsp3) is 0.500. The highest BCUT2D eigenvalue weighted by molar-refractivity contribution is 9.10. The lowest BCUT2D eigenvalue weighted by molar-refractivity contribution is -0.0425. The summed E-state index contributed by atoms with van der Waals surface area (Å²) in [5, 5.41) is 18.1. The molecule has 1 heterocycles. The monoisotopic (exact) mass is 301 g/mol. The Morgan fingerprint density at radius 3 is 2.59 bits per heavy atom. The molecule has 0 bridgehead atoms. The molecule has 1 aliphatic heterocycles. The second-order valence-corrected chi connectivity index (χ2v) is 4.97. The Bertz CT molecular complexity index is 378. The maximum Gasteiger partial charge on any atom is 0.178 e. The molecule has 2 rings (SSSR count). The van der Waals surface area contributed by atoms with Crippen molar-refractivity contribution in [2.45, 2.75) is 12.8 Å². The van der Waals surface area contributed by atoms with Crippen LogP contribution in [0.4, 0.5) is 0 Å². The van der Waals surface area contributed by atoms with Gasteiger partial charge in [-0.3, -0.25) is 4.90 Å². The van der Waals surface area contributed by atoms with Crippen molar-refractivity contribution >= 4 is 15.9 Å². The van der Waals surface area contributed by atoms with Gasteiger partial charge in [-0.25, -0.2) is 0 Å². The highest BCUT2D eigenvalue weighted by atomic mass is 79.9. The summed E-state index contributed by atoms with van der Waals surface area (Å²) in [5.74, 6) is 0. The molecule has 1 aliphatic rings. The van der Waals surface area contributed by atoms with Gasteiger partial charge in [0.2, 0.25) is 0 Å². The van der Waals surface area contributed by atoms with Crippen LogP contribution >= 0.6 is 15.9 Å². The largest absolute Gasteiger partial charge is 0.379 e. The van der Waals surface area contributed by atoms with Gasteiger partial charge in [0.15, 0.2) is 6.29 Å². The van der Waals surface area contributed by atoms with Crippen molar-refractivity contribution in [3.8, 4) is 0 Å². The van der Waals surface area contributed by atoms with E-state index in [1.165, 1.54) is 0 Å². The topological polar surface area (TPSA) is 52.9 Å². The van der Waals surface area contributed by atoms with Crippen LogP contribution in [-0.4, -0.2) is 41.4 Å². The maximum atomic E-state index is 9.07. The molecule has 0 radical (unpaired) electrons. The third-order valence-electron chi connectivity index (χ3n) is 2.87. The minimum absolute atomic E-state index is 0.502. The molecule has 0 amide bonds. The van der Waals surface area contributed by atoms with Gasteiger partial charge in [0.25, 0.3) is 0 Å². The van der Waals surface area contributed by atoms with Gasteiger partial charge < -0.3 is 14.9 Å². The number of morpholine rings is 1. The molecule has 1 saturated heterocycles. The molecule has 0 atom stereocenters. The molecule has 1 aromatic carbocycles. The number of aliphatic hydroxyl groups is 2. The summed E-state index contributed by atoms with van der Waals surface area (Å²) in [5.41, 5.74) is 1.65. The number of ether oxygens (including phenoxy) is 1. The van der Waals surface area contributed by atoms with Crippen LogP contribution in [0, 0.1) is 0 Å².